The summed E-state index contributed by atoms with van der Waals surface area (Å²) in [4.78, 5) is 0. The van der Waals surface area contributed by atoms with Crippen molar-refractivity contribution < 1.29 is 19.2 Å². The van der Waals surface area contributed by atoms with Crippen molar-refractivity contribution in [3.8, 4) is 0 Å². The van der Waals surface area contributed by atoms with E-state index in [1.54, 1.807) is 6.08 Å². The molecule has 0 aromatic rings. The maximum atomic E-state index is 3.53. The van der Waals surface area contributed by atoms with Gasteiger partial charge in [-0.1, -0.05) is 0 Å². The van der Waals surface area contributed by atoms with Crippen molar-refractivity contribution >= 4 is 0 Å². The van der Waals surface area contributed by atoms with E-state index in [1.165, 1.54) is 0 Å². The van der Waals surface area contributed by atoms with Crippen LogP contribution in [0.1, 0.15) is 6.92 Å². The van der Waals surface area contributed by atoms with Gasteiger partial charge in [0.05, 0.1) is 0 Å². The Hall–Kier alpha value is 0.142. The molecule has 0 saturated heterocycles. The Morgan fingerprint density at radius 2 is 2.29 bits per heavy atom. The predicted octanol–water partition coefficient (Wildman–Crippen LogP) is 2.08. The molecule has 0 aliphatic carbocycles. The Morgan fingerprint density at radius 3 is 2.43 bits per heavy atom. The molecule has 0 bridgehead atoms. The second-order valence-corrected chi connectivity index (χ2v) is 2.66. The number of rotatable bonds is 2. The zero-order valence-electron chi connectivity index (χ0n) is 4.33. The molecule has 0 nitrogen and oxygen atoms in total. The molecule has 0 aromatic carbocycles. The van der Waals surface area contributed by atoms with Gasteiger partial charge in [-0.15, -0.1) is 0 Å². The van der Waals surface area contributed by atoms with Gasteiger partial charge in [-0.25, -0.2) is 0 Å². The average molecular weight is 188 g/mol. The van der Waals surface area contributed by atoms with E-state index < -0.39 is 0 Å². The maximum absolute atomic E-state index is 3.53. The van der Waals surface area contributed by atoms with E-state index in [0.717, 1.165) is 0 Å². The van der Waals surface area contributed by atoms with Crippen LogP contribution in [-0.2, 0) is 19.2 Å². The molecule has 43 valence electrons. The molecule has 0 rings (SSSR count). The van der Waals surface area contributed by atoms with Crippen LogP contribution in [0, 0.1) is 0 Å². The molecule has 0 aromatic heterocycles. The van der Waals surface area contributed by atoms with E-state index >= 15 is 0 Å². The summed E-state index contributed by atoms with van der Waals surface area (Å²) in [6.45, 7) is 5.60. The quantitative estimate of drug-likeness (QED) is 0.459. The first kappa shape index (κ1) is 7.14. The predicted molar refractivity (Wildman–Crippen MR) is 28.8 cm³/mol. The molecule has 0 amide bonds. The van der Waals surface area contributed by atoms with Crippen LogP contribution in [0.3, 0.4) is 0 Å². The standard InChI is InChI=1S/C6H9.Pd/c1-3-5-6-4-2;/h3-6H,1H2,2H3;. The van der Waals surface area contributed by atoms with E-state index in [-0.39, 0.29) is 0 Å². The molecule has 0 heterocycles. The van der Waals surface area contributed by atoms with Gasteiger partial charge in [-0.05, 0) is 0 Å². The van der Waals surface area contributed by atoms with E-state index in [0.29, 0.717) is 4.39 Å². The van der Waals surface area contributed by atoms with Crippen molar-refractivity contribution in [3.63, 3.8) is 0 Å². The van der Waals surface area contributed by atoms with Crippen molar-refractivity contribution in [2.75, 3.05) is 0 Å². The minimum absolute atomic E-state index is 0.501. The van der Waals surface area contributed by atoms with Gasteiger partial charge in [0.2, 0.25) is 0 Å². The zero-order chi connectivity index (χ0) is 5.70. The number of hydrogen-bond donors (Lipinski definition) is 0. The van der Waals surface area contributed by atoms with Gasteiger partial charge in [-0.2, -0.15) is 0 Å². The third-order valence-electron chi connectivity index (χ3n) is 0.501. The fraction of sp³-hybridized carbons (Fsp3) is 0.333. The first-order valence-corrected chi connectivity index (χ1v) is 3.07. The van der Waals surface area contributed by atoms with Gasteiger partial charge >= 0.3 is 55.3 Å². The summed E-state index contributed by atoms with van der Waals surface area (Å²) in [5.41, 5.74) is 0. The fourth-order valence-electron chi connectivity index (χ4n) is 0.225. The van der Waals surface area contributed by atoms with E-state index in [9.17, 15) is 0 Å². The zero-order valence-corrected chi connectivity index (χ0v) is 5.89. The van der Waals surface area contributed by atoms with Gasteiger partial charge in [0.25, 0.3) is 0 Å². The molecule has 1 heteroatoms. The Bertz CT molecular complexity index is 72.2. The summed E-state index contributed by atoms with van der Waals surface area (Å²) in [6, 6.07) is 0. The third kappa shape index (κ3) is 6.14. The van der Waals surface area contributed by atoms with E-state index in [2.05, 4.69) is 32.7 Å². The van der Waals surface area contributed by atoms with Gasteiger partial charge < -0.3 is 0 Å². The molecule has 0 fully saturated rings. The molecule has 0 aliphatic rings. The van der Waals surface area contributed by atoms with Gasteiger partial charge in [-0.3, -0.25) is 0 Å². The Morgan fingerprint density at radius 1 is 1.71 bits per heavy atom. The van der Waals surface area contributed by atoms with Gasteiger partial charge in [0.15, 0.2) is 0 Å². The van der Waals surface area contributed by atoms with Crippen molar-refractivity contribution in [1.29, 1.82) is 0 Å². The van der Waals surface area contributed by atoms with Gasteiger partial charge in [0.1, 0.15) is 0 Å². The van der Waals surface area contributed by atoms with Gasteiger partial charge in [0, 0.05) is 0 Å². The summed E-state index contributed by atoms with van der Waals surface area (Å²) in [6.07, 6.45) is 5.73. The van der Waals surface area contributed by atoms with Crippen LogP contribution in [0.15, 0.2) is 24.8 Å². The number of hydrogen-bond acceptors (Lipinski definition) is 0. The van der Waals surface area contributed by atoms with Crippen LogP contribution < -0.4 is 0 Å². The van der Waals surface area contributed by atoms with E-state index in [1.807, 2.05) is 12.2 Å². The summed E-state index contributed by atoms with van der Waals surface area (Å²) in [5.74, 6) is 0. The Labute approximate surface area is 55.7 Å². The van der Waals surface area contributed by atoms with E-state index in [4.69, 9.17) is 0 Å². The Balaban J connectivity index is 3.25. The monoisotopic (exact) mass is 187 g/mol. The average Bonchev–Trinajstić information content (AvgIpc) is 1.61. The van der Waals surface area contributed by atoms with Crippen molar-refractivity contribution in [1.82, 2.24) is 0 Å². The second kappa shape index (κ2) is 4.31. The summed E-state index contributed by atoms with van der Waals surface area (Å²) in [5, 5.41) is 0. The number of allylic oxidation sites excluding steroid dienone is 3. The first-order valence-electron chi connectivity index (χ1n) is 2.17. The molecular weight excluding hydrogens is 178 g/mol. The topological polar surface area (TPSA) is 0 Å². The SMILES string of the molecule is C=CC=C[CH](C)[Pd]. The third-order valence-corrected chi connectivity index (χ3v) is 0.800. The molecule has 1 unspecified atom stereocenters. The molecular formula is C6H9Pd. The van der Waals surface area contributed by atoms with Crippen molar-refractivity contribution in [3.05, 3.63) is 24.8 Å². The minimum atomic E-state index is 0.501. The van der Waals surface area contributed by atoms with Crippen LogP contribution >= 0.6 is 0 Å². The fourth-order valence-corrected chi connectivity index (χ4v) is 0.398. The normalized spacial score (nSPS) is 14.7. The first-order chi connectivity index (χ1) is 3.27. The summed E-state index contributed by atoms with van der Waals surface area (Å²) < 4.78 is 0.501. The van der Waals surface area contributed by atoms with Crippen LogP contribution in [0.5, 0.6) is 0 Å². The second-order valence-electron chi connectivity index (χ2n) is 1.24. The summed E-state index contributed by atoms with van der Waals surface area (Å²) >= 11 is 3.10. The van der Waals surface area contributed by atoms with Crippen molar-refractivity contribution in [2.24, 2.45) is 0 Å². The van der Waals surface area contributed by atoms with Crippen LogP contribution in [0.4, 0.5) is 0 Å². The molecule has 0 aliphatic heterocycles. The van der Waals surface area contributed by atoms with Crippen LogP contribution in [-0.4, -0.2) is 0 Å². The molecule has 0 saturated carbocycles. The molecule has 1 atom stereocenters. The Kier molecular flexibility index (Phi) is 4.39. The van der Waals surface area contributed by atoms with Crippen molar-refractivity contribution in [2.45, 2.75) is 11.3 Å². The summed E-state index contributed by atoms with van der Waals surface area (Å²) in [7, 11) is 0. The molecule has 0 spiro atoms. The van der Waals surface area contributed by atoms with Crippen LogP contribution in [0.2, 0.25) is 4.39 Å². The molecule has 0 radical (unpaired) electrons. The molecule has 7 heavy (non-hydrogen) atoms. The van der Waals surface area contributed by atoms with Crippen LogP contribution in [0.25, 0.3) is 0 Å². The molecule has 0 N–H and O–H groups in total.